The number of rotatable bonds is 7. The van der Waals surface area contributed by atoms with Gasteiger partial charge in [-0.2, -0.15) is 0 Å². The summed E-state index contributed by atoms with van der Waals surface area (Å²) in [5.74, 6) is -0.435. The van der Waals surface area contributed by atoms with Crippen molar-refractivity contribution in [3.05, 3.63) is 28.2 Å². The molecule has 22 heavy (non-hydrogen) atoms. The van der Waals surface area contributed by atoms with E-state index in [1.165, 1.54) is 11.8 Å². The number of carbonyl (C=O) groups is 2. The van der Waals surface area contributed by atoms with E-state index in [0.717, 1.165) is 13.0 Å². The molecule has 0 aliphatic carbocycles. The first kappa shape index (κ1) is 18.7. The van der Waals surface area contributed by atoms with Gasteiger partial charge in [-0.1, -0.05) is 29.3 Å². The van der Waals surface area contributed by atoms with Crippen molar-refractivity contribution in [2.24, 2.45) is 0 Å². The van der Waals surface area contributed by atoms with Crippen molar-refractivity contribution in [2.75, 3.05) is 39.0 Å². The summed E-state index contributed by atoms with van der Waals surface area (Å²) >= 11 is 11.9. The van der Waals surface area contributed by atoms with Gasteiger partial charge in [0.15, 0.2) is 0 Å². The molecule has 0 radical (unpaired) electrons. The molecule has 1 aromatic carbocycles. The van der Waals surface area contributed by atoms with Crippen LogP contribution in [0.25, 0.3) is 0 Å². The lowest BCUT2D eigenvalue weighted by atomic mass is 10.3. The van der Waals surface area contributed by atoms with E-state index >= 15 is 0 Å². The molecule has 0 aromatic heterocycles. The van der Waals surface area contributed by atoms with E-state index in [-0.39, 0.29) is 18.4 Å². The lowest BCUT2D eigenvalue weighted by Gasteiger charge is -2.21. The second kappa shape index (κ2) is 8.98. The van der Waals surface area contributed by atoms with Gasteiger partial charge in [-0.3, -0.25) is 9.59 Å². The van der Waals surface area contributed by atoms with Gasteiger partial charge in [-0.25, -0.2) is 0 Å². The minimum Gasteiger partial charge on any atom is -0.334 e. The van der Waals surface area contributed by atoms with Gasteiger partial charge in [-0.15, -0.1) is 0 Å². The van der Waals surface area contributed by atoms with Crippen molar-refractivity contribution in [3.8, 4) is 0 Å². The maximum absolute atomic E-state index is 12.1. The van der Waals surface area contributed by atoms with Crippen LogP contribution in [0.5, 0.6) is 0 Å². The van der Waals surface area contributed by atoms with Crippen molar-refractivity contribution >= 4 is 40.7 Å². The zero-order valence-corrected chi connectivity index (χ0v) is 14.5. The number of halogens is 2. The molecule has 0 atom stereocenters. The average Bonchev–Trinajstić information content (AvgIpc) is 2.42. The fourth-order valence-corrected chi connectivity index (χ4v) is 2.24. The lowest BCUT2D eigenvalue weighted by molar-refractivity contribution is -0.132. The third-order valence-electron chi connectivity index (χ3n) is 3.04. The Morgan fingerprint density at radius 3 is 2.45 bits per heavy atom. The number of hydrogen-bond acceptors (Lipinski definition) is 3. The summed E-state index contributed by atoms with van der Waals surface area (Å²) in [6.45, 7) is 2.83. The van der Waals surface area contributed by atoms with Gasteiger partial charge in [-0.05, 0) is 39.2 Å². The standard InChI is InChI=1S/C15H21Cl2N3O2/c1-11(21)20(9-5-8-19(2)3)10-14(22)18-13-7-4-6-12(16)15(13)17/h4,6-7H,5,8-10H2,1-3H3,(H,18,22). The molecule has 0 aliphatic rings. The Labute approximate surface area is 141 Å². The van der Waals surface area contributed by atoms with Gasteiger partial charge in [0.05, 0.1) is 22.3 Å². The number of benzene rings is 1. The van der Waals surface area contributed by atoms with Crippen LogP contribution >= 0.6 is 23.2 Å². The van der Waals surface area contributed by atoms with Gasteiger partial charge >= 0.3 is 0 Å². The van der Waals surface area contributed by atoms with Crippen molar-refractivity contribution in [3.63, 3.8) is 0 Å². The average molecular weight is 346 g/mol. The molecule has 2 amide bonds. The van der Waals surface area contributed by atoms with Crippen LogP contribution in [0, 0.1) is 0 Å². The quantitative estimate of drug-likeness (QED) is 0.826. The number of amides is 2. The first-order valence-electron chi connectivity index (χ1n) is 6.95. The van der Waals surface area contributed by atoms with E-state index in [1.54, 1.807) is 18.2 Å². The summed E-state index contributed by atoms with van der Waals surface area (Å²) in [6, 6.07) is 5.00. The molecule has 0 saturated heterocycles. The molecule has 0 unspecified atom stereocenters. The Morgan fingerprint density at radius 2 is 1.86 bits per heavy atom. The van der Waals surface area contributed by atoms with Crippen LogP contribution in [-0.2, 0) is 9.59 Å². The Kier molecular flexibility index (Phi) is 7.65. The van der Waals surface area contributed by atoms with Crippen LogP contribution in [-0.4, -0.2) is 55.3 Å². The minimum absolute atomic E-state index is 0.00833. The van der Waals surface area contributed by atoms with Crippen LogP contribution in [0.3, 0.4) is 0 Å². The predicted octanol–water partition coefficient (Wildman–Crippen LogP) is 2.73. The highest BCUT2D eigenvalue weighted by atomic mass is 35.5. The third-order valence-corrected chi connectivity index (χ3v) is 3.86. The minimum atomic E-state index is -0.302. The molecule has 1 N–H and O–H groups in total. The van der Waals surface area contributed by atoms with Crippen LogP contribution in [0.15, 0.2) is 18.2 Å². The molecule has 5 nitrogen and oxygen atoms in total. The first-order valence-corrected chi connectivity index (χ1v) is 7.71. The number of hydrogen-bond donors (Lipinski definition) is 1. The summed E-state index contributed by atoms with van der Waals surface area (Å²) in [5.41, 5.74) is 0.441. The second-order valence-corrected chi connectivity index (χ2v) is 6.03. The van der Waals surface area contributed by atoms with Crippen molar-refractivity contribution in [1.29, 1.82) is 0 Å². The van der Waals surface area contributed by atoms with Crippen molar-refractivity contribution in [1.82, 2.24) is 9.80 Å². The van der Waals surface area contributed by atoms with E-state index in [0.29, 0.717) is 22.3 Å². The normalized spacial score (nSPS) is 10.6. The maximum atomic E-state index is 12.1. The van der Waals surface area contributed by atoms with Gasteiger partial charge in [0, 0.05) is 13.5 Å². The SMILES string of the molecule is CC(=O)N(CCCN(C)C)CC(=O)Nc1cccc(Cl)c1Cl. The lowest BCUT2D eigenvalue weighted by Crippen LogP contribution is -2.38. The molecular formula is C15H21Cl2N3O2. The maximum Gasteiger partial charge on any atom is 0.244 e. The second-order valence-electron chi connectivity index (χ2n) is 5.25. The molecular weight excluding hydrogens is 325 g/mol. The summed E-state index contributed by atoms with van der Waals surface area (Å²) in [6.07, 6.45) is 0.803. The molecule has 0 spiro atoms. The molecule has 0 saturated carbocycles. The Hall–Kier alpha value is -1.30. The molecule has 0 aliphatic heterocycles. The highest BCUT2D eigenvalue weighted by Crippen LogP contribution is 2.29. The summed E-state index contributed by atoms with van der Waals surface area (Å²) in [4.78, 5) is 27.2. The number of nitrogens with one attached hydrogen (secondary N) is 1. The zero-order valence-electron chi connectivity index (χ0n) is 13.0. The van der Waals surface area contributed by atoms with E-state index in [4.69, 9.17) is 23.2 Å². The molecule has 1 aromatic rings. The third kappa shape index (κ3) is 6.22. The number of anilines is 1. The Morgan fingerprint density at radius 1 is 1.18 bits per heavy atom. The highest BCUT2D eigenvalue weighted by Gasteiger charge is 2.15. The van der Waals surface area contributed by atoms with Gasteiger partial charge in [0.2, 0.25) is 11.8 Å². The largest absolute Gasteiger partial charge is 0.334 e. The fraction of sp³-hybridized carbons (Fsp3) is 0.467. The van der Waals surface area contributed by atoms with Crippen LogP contribution in [0.4, 0.5) is 5.69 Å². The fourth-order valence-electron chi connectivity index (χ4n) is 1.89. The topological polar surface area (TPSA) is 52.7 Å². The Bertz CT molecular complexity index is 536. The molecule has 122 valence electrons. The number of carbonyl (C=O) groups excluding carboxylic acids is 2. The molecule has 1 rings (SSSR count). The van der Waals surface area contributed by atoms with Gasteiger partial charge < -0.3 is 15.1 Å². The molecule has 0 bridgehead atoms. The highest BCUT2D eigenvalue weighted by molar-refractivity contribution is 6.44. The van der Waals surface area contributed by atoms with E-state index in [1.807, 2.05) is 19.0 Å². The van der Waals surface area contributed by atoms with E-state index < -0.39 is 0 Å². The molecule has 0 heterocycles. The van der Waals surface area contributed by atoms with E-state index in [2.05, 4.69) is 5.32 Å². The summed E-state index contributed by atoms with van der Waals surface area (Å²) in [5, 5.41) is 3.34. The molecule has 7 heteroatoms. The van der Waals surface area contributed by atoms with Crippen LogP contribution < -0.4 is 5.32 Å². The van der Waals surface area contributed by atoms with E-state index in [9.17, 15) is 9.59 Å². The monoisotopic (exact) mass is 345 g/mol. The van der Waals surface area contributed by atoms with Crippen molar-refractivity contribution in [2.45, 2.75) is 13.3 Å². The summed E-state index contributed by atoms with van der Waals surface area (Å²) < 4.78 is 0. The molecule has 0 fully saturated rings. The number of nitrogens with zero attached hydrogens (tertiary/aromatic N) is 2. The van der Waals surface area contributed by atoms with Crippen LogP contribution in [0.1, 0.15) is 13.3 Å². The zero-order chi connectivity index (χ0) is 16.7. The Balaban J connectivity index is 2.60. The first-order chi connectivity index (χ1) is 10.3. The van der Waals surface area contributed by atoms with Crippen molar-refractivity contribution < 1.29 is 9.59 Å². The van der Waals surface area contributed by atoms with Crippen LogP contribution in [0.2, 0.25) is 10.0 Å². The smallest absolute Gasteiger partial charge is 0.244 e. The summed E-state index contributed by atoms with van der Waals surface area (Å²) in [7, 11) is 3.93. The van der Waals surface area contributed by atoms with Gasteiger partial charge in [0.1, 0.15) is 0 Å². The predicted molar refractivity (Wildman–Crippen MR) is 90.5 cm³/mol. The van der Waals surface area contributed by atoms with Gasteiger partial charge in [0.25, 0.3) is 0 Å².